The van der Waals surface area contributed by atoms with Crippen molar-refractivity contribution in [3.8, 4) is 5.75 Å². The van der Waals surface area contributed by atoms with Crippen LogP contribution in [0.1, 0.15) is 18.1 Å². The number of para-hydroxylation sites is 1. The molecule has 6 nitrogen and oxygen atoms in total. The van der Waals surface area contributed by atoms with Crippen molar-refractivity contribution in [3.63, 3.8) is 0 Å². The number of alkyl halides is 2. The molecule has 0 saturated carbocycles. The summed E-state index contributed by atoms with van der Waals surface area (Å²) in [4.78, 5) is 15.2. The predicted octanol–water partition coefficient (Wildman–Crippen LogP) is 3.15. The van der Waals surface area contributed by atoms with E-state index in [1.807, 2.05) is 24.3 Å². The van der Waals surface area contributed by atoms with Gasteiger partial charge in [0, 0.05) is 38.3 Å². The van der Waals surface area contributed by atoms with Crippen LogP contribution in [0.15, 0.2) is 53.5 Å². The Bertz CT molecular complexity index is 795. The molecule has 0 unspecified atom stereocenters. The van der Waals surface area contributed by atoms with Crippen LogP contribution in [0.2, 0.25) is 0 Å². The molecule has 28 heavy (non-hydrogen) atoms. The summed E-state index contributed by atoms with van der Waals surface area (Å²) < 4.78 is 29.5. The zero-order chi connectivity index (χ0) is 20.4. The van der Waals surface area contributed by atoms with Gasteiger partial charge >= 0.3 is 6.61 Å². The minimum absolute atomic E-state index is 0.107. The van der Waals surface area contributed by atoms with Crippen molar-refractivity contribution in [1.29, 1.82) is 0 Å². The Morgan fingerprint density at radius 2 is 1.82 bits per heavy atom. The number of guanidine groups is 1. The minimum Gasteiger partial charge on any atom is -0.434 e. The summed E-state index contributed by atoms with van der Waals surface area (Å²) in [7, 11) is 1.64. The van der Waals surface area contributed by atoms with E-state index in [-0.39, 0.29) is 11.7 Å². The van der Waals surface area contributed by atoms with Crippen LogP contribution in [0.25, 0.3) is 0 Å². The van der Waals surface area contributed by atoms with Crippen molar-refractivity contribution in [2.24, 2.45) is 4.99 Å². The molecule has 0 bridgehead atoms. The van der Waals surface area contributed by atoms with E-state index >= 15 is 0 Å². The van der Waals surface area contributed by atoms with Gasteiger partial charge < -0.3 is 20.7 Å². The highest BCUT2D eigenvalue weighted by Crippen LogP contribution is 2.19. The van der Waals surface area contributed by atoms with Crippen molar-refractivity contribution in [2.45, 2.75) is 26.5 Å². The average Bonchev–Trinajstić information content (AvgIpc) is 2.66. The van der Waals surface area contributed by atoms with Gasteiger partial charge in [0.05, 0.1) is 0 Å². The number of nitrogens with zero attached hydrogens (tertiary/aromatic N) is 1. The number of hydrogen-bond acceptors (Lipinski definition) is 3. The molecule has 0 aliphatic rings. The van der Waals surface area contributed by atoms with Crippen molar-refractivity contribution >= 4 is 17.6 Å². The Labute approximate surface area is 163 Å². The fourth-order valence-corrected chi connectivity index (χ4v) is 2.54. The van der Waals surface area contributed by atoms with E-state index in [9.17, 15) is 13.6 Å². The molecule has 0 aromatic heterocycles. The first kappa shape index (κ1) is 21.1. The third-order valence-corrected chi connectivity index (χ3v) is 3.84. The van der Waals surface area contributed by atoms with Gasteiger partial charge in [-0.1, -0.05) is 30.3 Å². The molecule has 2 aromatic rings. The van der Waals surface area contributed by atoms with Gasteiger partial charge in [0.15, 0.2) is 5.96 Å². The number of amides is 1. The quantitative estimate of drug-likeness (QED) is 0.478. The number of nitrogens with one attached hydrogen (secondary N) is 3. The summed E-state index contributed by atoms with van der Waals surface area (Å²) in [5.74, 6) is 0.589. The molecular formula is C20H24F2N4O2. The van der Waals surface area contributed by atoms with E-state index < -0.39 is 6.61 Å². The summed E-state index contributed by atoms with van der Waals surface area (Å²) >= 11 is 0. The van der Waals surface area contributed by atoms with Crippen LogP contribution >= 0.6 is 0 Å². The molecule has 2 aromatic carbocycles. The molecule has 0 radical (unpaired) electrons. The SMILES string of the molecule is CN=C(NCCc1ccc(NC(C)=O)cc1)NCc1ccccc1OC(F)F. The van der Waals surface area contributed by atoms with E-state index in [0.29, 0.717) is 24.6 Å². The van der Waals surface area contributed by atoms with Crippen LogP contribution in [-0.2, 0) is 17.8 Å². The largest absolute Gasteiger partial charge is 0.434 e. The lowest BCUT2D eigenvalue weighted by Crippen LogP contribution is -2.37. The summed E-state index contributed by atoms with van der Waals surface area (Å²) in [6.45, 7) is -0.466. The molecule has 0 aliphatic heterocycles. The van der Waals surface area contributed by atoms with E-state index in [1.165, 1.54) is 13.0 Å². The number of rotatable bonds is 8. The molecule has 0 aliphatic carbocycles. The molecular weight excluding hydrogens is 366 g/mol. The highest BCUT2D eigenvalue weighted by Gasteiger charge is 2.09. The Kier molecular flexibility index (Phi) is 8.20. The Morgan fingerprint density at radius 1 is 1.11 bits per heavy atom. The van der Waals surface area contributed by atoms with E-state index in [2.05, 4.69) is 25.7 Å². The smallest absolute Gasteiger partial charge is 0.387 e. The third-order valence-electron chi connectivity index (χ3n) is 3.84. The Balaban J connectivity index is 1.81. The lowest BCUT2D eigenvalue weighted by molar-refractivity contribution is -0.114. The van der Waals surface area contributed by atoms with Gasteiger partial charge in [-0.05, 0) is 30.2 Å². The normalized spacial score (nSPS) is 11.2. The van der Waals surface area contributed by atoms with Gasteiger partial charge in [-0.2, -0.15) is 8.78 Å². The van der Waals surface area contributed by atoms with E-state index in [1.54, 1.807) is 25.2 Å². The number of carbonyl (C=O) groups is 1. The summed E-state index contributed by atoms with van der Waals surface area (Å²) in [5.41, 5.74) is 2.47. The number of halogens is 2. The number of carbonyl (C=O) groups excluding carboxylic acids is 1. The number of ether oxygens (including phenoxy) is 1. The van der Waals surface area contributed by atoms with Crippen LogP contribution in [-0.4, -0.2) is 32.1 Å². The molecule has 150 valence electrons. The maximum absolute atomic E-state index is 12.5. The lowest BCUT2D eigenvalue weighted by atomic mass is 10.1. The van der Waals surface area contributed by atoms with Crippen LogP contribution in [0.4, 0.5) is 14.5 Å². The first-order chi connectivity index (χ1) is 13.5. The highest BCUT2D eigenvalue weighted by atomic mass is 19.3. The molecule has 0 atom stereocenters. The monoisotopic (exact) mass is 390 g/mol. The second kappa shape index (κ2) is 10.9. The number of anilines is 1. The zero-order valence-electron chi connectivity index (χ0n) is 15.8. The van der Waals surface area contributed by atoms with Crippen molar-refractivity contribution in [3.05, 3.63) is 59.7 Å². The Hall–Kier alpha value is -3.16. The standard InChI is InChI=1S/C20H24F2N4O2/c1-14(27)26-17-9-7-15(8-10-17)11-12-24-20(23-2)25-13-16-5-3-4-6-18(16)28-19(21)22/h3-10,19H,11-13H2,1-2H3,(H,26,27)(H2,23,24,25). The maximum atomic E-state index is 12.5. The molecule has 1 amide bonds. The molecule has 8 heteroatoms. The van der Waals surface area contributed by atoms with Gasteiger partial charge in [-0.15, -0.1) is 0 Å². The molecule has 3 N–H and O–H groups in total. The van der Waals surface area contributed by atoms with Crippen LogP contribution in [0, 0.1) is 0 Å². The second-order valence-electron chi connectivity index (χ2n) is 5.97. The van der Waals surface area contributed by atoms with Gasteiger partial charge in [-0.25, -0.2) is 0 Å². The van der Waals surface area contributed by atoms with E-state index in [4.69, 9.17) is 0 Å². The number of benzene rings is 2. The second-order valence-corrected chi connectivity index (χ2v) is 5.97. The fourth-order valence-electron chi connectivity index (χ4n) is 2.54. The summed E-state index contributed by atoms with van der Waals surface area (Å²) in [6.07, 6.45) is 0.756. The van der Waals surface area contributed by atoms with Gasteiger partial charge in [0.1, 0.15) is 5.75 Å². The minimum atomic E-state index is -2.87. The van der Waals surface area contributed by atoms with E-state index in [0.717, 1.165) is 17.7 Å². The number of hydrogen-bond donors (Lipinski definition) is 3. The Morgan fingerprint density at radius 3 is 2.46 bits per heavy atom. The molecule has 0 fully saturated rings. The van der Waals surface area contributed by atoms with Gasteiger partial charge in [-0.3, -0.25) is 9.79 Å². The van der Waals surface area contributed by atoms with Gasteiger partial charge in [0.25, 0.3) is 0 Å². The molecule has 0 spiro atoms. The first-order valence-corrected chi connectivity index (χ1v) is 8.81. The summed E-state index contributed by atoms with van der Waals surface area (Å²) in [5, 5.41) is 8.98. The zero-order valence-corrected chi connectivity index (χ0v) is 15.8. The average molecular weight is 390 g/mol. The van der Waals surface area contributed by atoms with Crippen LogP contribution in [0.5, 0.6) is 5.75 Å². The number of aliphatic imine (C=N–C) groups is 1. The molecule has 0 heterocycles. The molecule has 0 saturated heterocycles. The highest BCUT2D eigenvalue weighted by molar-refractivity contribution is 5.88. The van der Waals surface area contributed by atoms with Crippen molar-refractivity contribution in [1.82, 2.24) is 10.6 Å². The van der Waals surface area contributed by atoms with Crippen LogP contribution in [0.3, 0.4) is 0 Å². The van der Waals surface area contributed by atoms with Crippen molar-refractivity contribution in [2.75, 3.05) is 18.9 Å². The first-order valence-electron chi connectivity index (χ1n) is 8.81. The van der Waals surface area contributed by atoms with Gasteiger partial charge in [0.2, 0.25) is 5.91 Å². The lowest BCUT2D eigenvalue weighted by Gasteiger charge is -2.14. The third kappa shape index (κ3) is 7.22. The van der Waals surface area contributed by atoms with Crippen molar-refractivity contribution < 1.29 is 18.3 Å². The van der Waals surface area contributed by atoms with Crippen LogP contribution < -0.4 is 20.7 Å². The maximum Gasteiger partial charge on any atom is 0.387 e. The predicted molar refractivity (Wildman–Crippen MR) is 106 cm³/mol. The molecule has 2 rings (SSSR count). The fraction of sp³-hybridized carbons (Fsp3) is 0.300. The topological polar surface area (TPSA) is 74.8 Å². The summed E-state index contributed by atoms with van der Waals surface area (Å²) in [6, 6.07) is 14.2.